The van der Waals surface area contributed by atoms with Gasteiger partial charge in [-0.2, -0.15) is 0 Å². The first-order chi connectivity index (χ1) is 11.6. The van der Waals surface area contributed by atoms with E-state index in [1.54, 1.807) is 0 Å². The second-order valence-electron chi connectivity index (χ2n) is 6.56. The minimum atomic E-state index is -0.120. The Morgan fingerprint density at radius 1 is 1.08 bits per heavy atom. The number of nitrogens with one attached hydrogen (secondary N) is 2. The van der Waals surface area contributed by atoms with Crippen molar-refractivity contribution < 1.29 is 9.53 Å². The smallest absolute Gasteiger partial charge is 0.251 e. The first-order valence-electron chi connectivity index (χ1n) is 8.45. The fourth-order valence-electron chi connectivity index (χ4n) is 2.89. The van der Waals surface area contributed by atoms with E-state index in [9.17, 15) is 4.79 Å². The number of hydrogen-bond donors (Lipinski definition) is 2. The van der Waals surface area contributed by atoms with E-state index in [2.05, 4.69) is 17.6 Å². The van der Waals surface area contributed by atoms with Crippen LogP contribution in [0.1, 0.15) is 35.7 Å². The van der Waals surface area contributed by atoms with Gasteiger partial charge in [-0.1, -0.05) is 30.3 Å². The molecule has 1 aliphatic heterocycles. The molecule has 3 rings (SSSR count). The Bertz CT molecular complexity index is 662. The number of rotatable bonds is 5. The van der Waals surface area contributed by atoms with Gasteiger partial charge < -0.3 is 15.4 Å². The fourth-order valence-corrected chi connectivity index (χ4v) is 2.89. The molecule has 2 aromatic carbocycles. The highest BCUT2D eigenvalue weighted by Gasteiger charge is 2.28. The summed E-state index contributed by atoms with van der Waals surface area (Å²) in [6, 6.07) is 17.4. The van der Waals surface area contributed by atoms with E-state index in [0.29, 0.717) is 12.2 Å². The van der Waals surface area contributed by atoms with E-state index in [1.807, 2.05) is 54.6 Å². The Balaban J connectivity index is 1.56. The van der Waals surface area contributed by atoms with Crippen molar-refractivity contribution in [2.24, 2.45) is 0 Å². The van der Waals surface area contributed by atoms with Gasteiger partial charge in [0.2, 0.25) is 0 Å². The number of ether oxygens (including phenoxy) is 1. The first-order valence-corrected chi connectivity index (χ1v) is 8.45. The summed E-state index contributed by atoms with van der Waals surface area (Å²) in [5.74, 6) is 0.748. The maximum Gasteiger partial charge on any atom is 0.251 e. The predicted molar refractivity (Wildman–Crippen MR) is 95.2 cm³/mol. The number of piperidine rings is 1. The van der Waals surface area contributed by atoms with E-state index < -0.39 is 0 Å². The van der Waals surface area contributed by atoms with E-state index in [-0.39, 0.29) is 11.4 Å². The molecule has 1 amide bonds. The molecule has 2 N–H and O–H groups in total. The molecule has 4 heteroatoms. The number of hydrogen-bond acceptors (Lipinski definition) is 3. The lowest BCUT2D eigenvalue weighted by Gasteiger charge is -2.35. The third-order valence-electron chi connectivity index (χ3n) is 4.49. The van der Waals surface area contributed by atoms with Crippen LogP contribution in [0.15, 0.2) is 54.6 Å². The highest BCUT2D eigenvalue weighted by molar-refractivity contribution is 5.94. The van der Waals surface area contributed by atoms with Crippen LogP contribution in [0.4, 0.5) is 0 Å². The van der Waals surface area contributed by atoms with E-state index in [4.69, 9.17) is 4.74 Å². The van der Waals surface area contributed by atoms with Gasteiger partial charge in [-0.25, -0.2) is 0 Å². The Kier molecular flexibility index (Phi) is 5.16. The van der Waals surface area contributed by atoms with Crippen molar-refractivity contribution >= 4 is 5.91 Å². The van der Waals surface area contributed by atoms with Crippen molar-refractivity contribution in [1.29, 1.82) is 0 Å². The molecular formula is C20H24N2O2. The normalized spacial score (nSPS) is 16.4. The molecule has 0 spiro atoms. The monoisotopic (exact) mass is 324 g/mol. The molecule has 0 bridgehead atoms. The maximum atomic E-state index is 12.4. The summed E-state index contributed by atoms with van der Waals surface area (Å²) in [6.45, 7) is 4.53. The molecule has 1 aliphatic rings. The van der Waals surface area contributed by atoms with Crippen molar-refractivity contribution in [3.63, 3.8) is 0 Å². The van der Waals surface area contributed by atoms with Gasteiger partial charge in [0.25, 0.3) is 5.91 Å². The average molecular weight is 324 g/mol. The molecular weight excluding hydrogens is 300 g/mol. The van der Waals surface area contributed by atoms with Crippen LogP contribution in [0.3, 0.4) is 0 Å². The van der Waals surface area contributed by atoms with Crippen molar-refractivity contribution in [1.82, 2.24) is 10.6 Å². The van der Waals surface area contributed by atoms with Gasteiger partial charge in [-0.15, -0.1) is 0 Å². The van der Waals surface area contributed by atoms with Gasteiger partial charge in [0.05, 0.1) is 0 Å². The summed E-state index contributed by atoms with van der Waals surface area (Å²) < 4.78 is 5.76. The zero-order valence-electron chi connectivity index (χ0n) is 14.0. The summed E-state index contributed by atoms with van der Waals surface area (Å²) in [6.07, 6.45) is 1.91. The predicted octanol–water partition coefficient (Wildman–Crippen LogP) is 3.14. The number of benzene rings is 2. The largest absolute Gasteiger partial charge is 0.489 e. The molecule has 4 nitrogen and oxygen atoms in total. The molecule has 1 fully saturated rings. The van der Waals surface area contributed by atoms with Crippen LogP contribution in [-0.4, -0.2) is 24.5 Å². The lowest BCUT2D eigenvalue weighted by Crippen LogP contribution is -2.52. The van der Waals surface area contributed by atoms with Gasteiger partial charge in [0, 0.05) is 11.1 Å². The third kappa shape index (κ3) is 4.36. The zero-order chi connectivity index (χ0) is 16.8. The van der Waals surface area contributed by atoms with Crippen molar-refractivity contribution in [3.05, 3.63) is 65.7 Å². The topological polar surface area (TPSA) is 50.4 Å². The van der Waals surface area contributed by atoms with Crippen molar-refractivity contribution in [2.45, 2.75) is 31.9 Å². The molecule has 0 radical (unpaired) electrons. The minimum Gasteiger partial charge on any atom is -0.489 e. The van der Waals surface area contributed by atoms with Crippen LogP contribution in [0.5, 0.6) is 5.75 Å². The fraction of sp³-hybridized carbons (Fsp3) is 0.350. The van der Waals surface area contributed by atoms with E-state index >= 15 is 0 Å². The summed E-state index contributed by atoms with van der Waals surface area (Å²) in [4.78, 5) is 12.4. The second-order valence-corrected chi connectivity index (χ2v) is 6.56. The van der Waals surface area contributed by atoms with Gasteiger partial charge in [-0.05, 0) is 62.7 Å². The minimum absolute atomic E-state index is 0.0194. The quantitative estimate of drug-likeness (QED) is 0.888. The molecule has 24 heavy (non-hydrogen) atoms. The lowest BCUT2D eigenvalue weighted by molar-refractivity contribution is 0.0887. The van der Waals surface area contributed by atoms with Gasteiger partial charge in [0.15, 0.2) is 0 Å². The molecule has 2 aromatic rings. The molecule has 0 saturated carbocycles. The van der Waals surface area contributed by atoms with Crippen molar-refractivity contribution in [2.75, 3.05) is 13.1 Å². The molecule has 1 heterocycles. The Morgan fingerprint density at radius 2 is 1.75 bits per heavy atom. The summed E-state index contributed by atoms with van der Waals surface area (Å²) in [7, 11) is 0. The first kappa shape index (κ1) is 16.5. The average Bonchev–Trinajstić information content (AvgIpc) is 2.61. The summed E-state index contributed by atoms with van der Waals surface area (Å²) in [5.41, 5.74) is 1.67. The molecule has 0 unspecified atom stereocenters. The third-order valence-corrected chi connectivity index (χ3v) is 4.49. The number of carbonyl (C=O) groups is 1. The summed E-state index contributed by atoms with van der Waals surface area (Å²) >= 11 is 0. The Hall–Kier alpha value is -2.33. The molecule has 0 aromatic heterocycles. The van der Waals surface area contributed by atoms with Crippen LogP contribution in [0, 0.1) is 0 Å². The lowest BCUT2D eigenvalue weighted by atomic mass is 9.90. The molecule has 1 saturated heterocycles. The van der Waals surface area contributed by atoms with Crippen LogP contribution < -0.4 is 15.4 Å². The van der Waals surface area contributed by atoms with Crippen LogP contribution >= 0.6 is 0 Å². The highest BCUT2D eigenvalue weighted by Crippen LogP contribution is 2.19. The molecule has 0 aliphatic carbocycles. The molecule has 0 atom stereocenters. The highest BCUT2D eigenvalue weighted by atomic mass is 16.5. The Morgan fingerprint density at radius 3 is 2.42 bits per heavy atom. The number of carbonyl (C=O) groups excluding carboxylic acids is 1. The summed E-state index contributed by atoms with van der Waals surface area (Å²) in [5, 5.41) is 6.49. The van der Waals surface area contributed by atoms with Gasteiger partial charge >= 0.3 is 0 Å². The zero-order valence-corrected chi connectivity index (χ0v) is 14.0. The van der Waals surface area contributed by atoms with Crippen LogP contribution in [-0.2, 0) is 6.61 Å². The number of amides is 1. The SMILES string of the molecule is CC1(NC(=O)c2ccc(OCc3ccccc3)cc2)CCNCC1. The van der Waals surface area contributed by atoms with E-state index in [1.165, 1.54) is 0 Å². The van der Waals surface area contributed by atoms with Gasteiger partial charge in [0.1, 0.15) is 12.4 Å². The van der Waals surface area contributed by atoms with Crippen LogP contribution in [0.25, 0.3) is 0 Å². The Labute approximate surface area is 143 Å². The standard InChI is InChI=1S/C20H24N2O2/c1-20(11-13-21-14-12-20)22-19(23)17-7-9-18(10-8-17)24-15-16-5-3-2-4-6-16/h2-10,21H,11-15H2,1H3,(H,22,23). The van der Waals surface area contributed by atoms with Crippen molar-refractivity contribution in [3.8, 4) is 5.75 Å². The van der Waals surface area contributed by atoms with Crippen LogP contribution in [0.2, 0.25) is 0 Å². The van der Waals surface area contributed by atoms with E-state index in [0.717, 1.165) is 37.2 Å². The van der Waals surface area contributed by atoms with Gasteiger partial charge in [-0.3, -0.25) is 4.79 Å². The second kappa shape index (κ2) is 7.49. The molecule has 126 valence electrons. The maximum absolute atomic E-state index is 12.4.